The minimum Gasteiger partial charge on any atom is -0.302 e. The summed E-state index contributed by atoms with van der Waals surface area (Å²) in [6.45, 7) is 1.57. The van der Waals surface area contributed by atoms with Crippen LogP contribution in [0.15, 0.2) is 4.21 Å². The Bertz CT molecular complexity index is 628. The number of carbonyl (C=O) groups is 1. The number of thiazole rings is 1. The Morgan fingerprint density at radius 2 is 2.00 bits per heavy atom. The summed E-state index contributed by atoms with van der Waals surface area (Å²) < 4.78 is 22.6. The Morgan fingerprint density at radius 3 is 2.53 bits per heavy atom. The van der Waals surface area contributed by atoms with Crippen molar-refractivity contribution in [1.29, 1.82) is 0 Å². The number of primary sulfonamides is 1. The van der Waals surface area contributed by atoms with Crippen molar-refractivity contribution in [2.45, 2.75) is 30.4 Å². The van der Waals surface area contributed by atoms with Gasteiger partial charge in [-0.05, 0) is 38.0 Å². The average Bonchev–Trinajstić information content (AvgIpc) is 2.72. The lowest BCUT2D eigenvalue weighted by Crippen LogP contribution is -2.21. The van der Waals surface area contributed by atoms with E-state index in [1.165, 1.54) is 6.42 Å². The first-order valence-electron chi connectivity index (χ1n) is 6.15. The monoisotopic (exact) mass is 301 g/mol. The molecule has 3 rings (SSSR count). The molecule has 3 N–H and O–H groups in total. The van der Waals surface area contributed by atoms with Crippen LogP contribution in [0.3, 0.4) is 0 Å². The van der Waals surface area contributed by atoms with Crippen LogP contribution >= 0.6 is 11.3 Å². The fourth-order valence-corrected chi connectivity index (χ4v) is 4.70. The van der Waals surface area contributed by atoms with Crippen molar-refractivity contribution in [3.63, 3.8) is 0 Å². The van der Waals surface area contributed by atoms with E-state index in [-0.39, 0.29) is 16.0 Å². The van der Waals surface area contributed by atoms with E-state index in [4.69, 9.17) is 5.14 Å². The second-order valence-corrected chi connectivity index (χ2v) is 8.11. The van der Waals surface area contributed by atoms with E-state index in [0.29, 0.717) is 10.8 Å². The fraction of sp³-hybridized carbons (Fsp3) is 0.636. The van der Waals surface area contributed by atoms with E-state index in [9.17, 15) is 13.2 Å². The number of nitrogens with two attached hydrogens (primary N) is 1. The van der Waals surface area contributed by atoms with Crippen LogP contribution in [0.1, 0.15) is 25.0 Å². The summed E-state index contributed by atoms with van der Waals surface area (Å²) in [6, 6.07) is 0. The lowest BCUT2D eigenvalue weighted by atomic mass is 10.0. The van der Waals surface area contributed by atoms with Gasteiger partial charge in [-0.15, -0.1) is 0 Å². The van der Waals surface area contributed by atoms with Crippen LogP contribution in [-0.2, 0) is 14.8 Å². The largest absolute Gasteiger partial charge is 0.302 e. The number of hydrogen-bond acceptors (Lipinski definition) is 5. The van der Waals surface area contributed by atoms with Gasteiger partial charge in [0.2, 0.25) is 15.9 Å². The van der Waals surface area contributed by atoms with Crippen molar-refractivity contribution in [3.8, 4) is 0 Å². The second kappa shape index (κ2) is 4.26. The summed E-state index contributed by atoms with van der Waals surface area (Å²) in [5, 5.41) is 8.10. The number of carbonyl (C=O) groups excluding carboxylic acids is 1. The Labute approximate surface area is 115 Å². The van der Waals surface area contributed by atoms with Gasteiger partial charge in [-0.3, -0.25) is 4.79 Å². The summed E-state index contributed by atoms with van der Waals surface area (Å²) in [5.74, 6) is 1.45. The van der Waals surface area contributed by atoms with Gasteiger partial charge in [0.25, 0.3) is 0 Å². The highest BCUT2D eigenvalue weighted by Gasteiger charge is 2.48. The molecule has 2 aliphatic rings. The number of rotatable bonds is 3. The topological polar surface area (TPSA) is 102 Å². The summed E-state index contributed by atoms with van der Waals surface area (Å²) in [7, 11) is -3.76. The normalized spacial score (nSPS) is 29.1. The molecule has 0 aromatic carbocycles. The maximum Gasteiger partial charge on any atom is 0.249 e. The molecule has 0 radical (unpaired) electrons. The van der Waals surface area contributed by atoms with Gasteiger partial charge in [-0.25, -0.2) is 18.5 Å². The maximum absolute atomic E-state index is 12.0. The molecule has 2 saturated carbocycles. The Kier molecular flexibility index (Phi) is 2.91. The molecule has 2 fully saturated rings. The maximum atomic E-state index is 12.0. The summed E-state index contributed by atoms with van der Waals surface area (Å²) in [5.41, 5.74) is 0.331. The third kappa shape index (κ3) is 2.52. The van der Waals surface area contributed by atoms with Crippen molar-refractivity contribution in [2.75, 3.05) is 5.32 Å². The third-order valence-electron chi connectivity index (χ3n) is 3.86. The first-order valence-corrected chi connectivity index (χ1v) is 8.52. The van der Waals surface area contributed by atoms with E-state index in [1.807, 2.05) is 0 Å². The van der Waals surface area contributed by atoms with E-state index < -0.39 is 10.0 Å². The highest BCUT2D eigenvalue weighted by Crippen LogP contribution is 2.54. The van der Waals surface area contributed by atoms with Gasteiger partial charge in [0, 0.05) is 5.92 Å². The van der Waals surface area contributed by atoms with Crippen LogP contribution in [0.2, 0.25) is 0 Å². The quantitative estimate of drug-likeness (QED) is 0.872. The first-order chi connectivity index (χ1) is 8.84. The van der Waals surface area contributed by atoms with Crippen LogP contribution in [-0.4, -0.2) is 19.3 Å². The van der Waals surface area contributed by atoms with E-state index in [1.54, 1.807) is 6.92 Å². The predicted molar refractivity (Wildman–Crippen MR) is 71.2 cm³/mol. The van der Waals surface area contributed by atoms with Crippen LogP contribution in [0.25, 0.3) is 0 Å². The number of hydrogen-bond donors (Lipinski definition) is 2. The van der Waals surface area contributed by atoms with Crippen molar-refractivity contribution < 1.29 is 13.2 Å². The van der Waals surface area contributed by atoms with E-state index in [2.05, 4.69) is 10.3 Å². The number of aromatic nitrogens is 1. The summed E-state index contributed by atoms with van der Waals surface area (Å²) in [4.78, 5) is 16.1. The molecule has 0 aliphatic heterocycles. The fourth-order valence-electron chi connectivity index (χ4n) is 2.84. The first kappa shape index (κ1) is 13.0. The molecule has 2 aliphatic carbocycles. The zero-order valence-electron chi connectivity index (χ0n) is 10.4. The molecule has 0 saturated heterocycles. The highest BCUT2D eigenvalue weighted by molar-refractivity contribution is 7.91. The van der Waals surface area contributed by atoms with Gasteiger partial charge in [-0.1, -0.05) is 11.3 Å². The number of sulfonamides is 1. The number of amides is 1. The molecule has 1 amide bonds. The zero-order valence-corrected chi connectivity index (χ0v) is 12.1. The molecule has 2 unspecified atom stereocenters. The zero-order chi connectivity index (χ0) is 13.8. The standard InChI is InChI=1S/C11H15N3O3S2/c1-5-10(19(12,16)17)18-11(13-5)14-9(15)8-3-6-2-7(6)4-8/h6-8H,2-4H2,1H3,(H2,12,16,17)(H,13,14,15). The molecule has 19 heavy (non-hydrogen) atoms. The minimum atomic E-state index is -3.76. The molecular formula is C11H15N3O3S2. The van der Waals surface area contributed by atoms with E-state index >= 15 is 0 Å². The number of anilines is 1. The molecule has 0 spiro atoms. The lowest BCUT2D eigenvalue weighted by molar-refractivity contribution is -0.120. The van der Waals surface area contributed by atoms with Crippen LogP contribution < -0.4 is 10.5 Å². The molecule has 8 heteroatoms. The molecular weight excluding hydrogens is 286 g/mol. The van der Waals surface area contributed by atoms with Gasteiger partial charge < -0.3 is 5.32 Å². The SMILES string of the molecule is Cc1nc(NC(=O)C2CC3CC3C2)sc1S(N)(=O)=O. The van der Waals surface area contributed by atoms with Crippen molar-refractivity contribution in [1.82, 2.24) is 4.98 Å². The Morgan fingerprint density at radius 1 is 1.37 bits per heavy atom. The van der Waals surface area contributed by atoms with Gasteiger partial charge in [-0.2, -0.15) is 0 Å². The molecule has 1 heterocycles. The van der Waals surface area contributed by atoms with E-state index in [0.717, 1.165) is 36.0 Å². The third-order valence-corrected chi connectivity index (χ3v) is 6.48. The summed E-state index contributed by atoms with van der Waals surface area (Å²) >= 11 is 0.910. The van der Waals surface area contributed by atoms with Gasteiger partial charge >= 0.3 is 0 Å². The van der Waals surface area contributed by atoms with Crippen LogP contribution in [0.5, 0.6) is 0 Å². The number of nitrogens with zero attached hydrogens (tertiary/aromatic N) is 1. The number of aryl methyl sites for hydroxylation is 1. The van der Waals surface area contributed by atoms with Gasteiger partial charge in [0.15, 0.2) is 9.34 Å². The number of nitrogens with one attached hydrogen (secondary N) is 1. The van der Waals surface area contributed by atoms with Crippen LogP contribution in [0.4, 0.5) is 5.13 Å². The van der Waals surface area contributed by atoms with Gasteiger partial charge in [0.05, 0.1) is 5.69 Å². The summed E-state index contributed by atoms with van der Waals surface area (Å²) in [6.07, 6.45) is 3.15. The van der Waals surface area contributed by atoms with Crippen molar-refractivity contribution in [3.05, 3.63) is 5.69 Å². The average molecular weight is 301 g/mol. The lowest BCUT2D eigenvalue weighted by Gasteiger charge is -2.09. The van der Waals surface area contributed by atoms with Gasteiger partial charge in [0.1, 0.15) is 0 Å². The van der Waals surface area contributed by atoms with Crippen molar-refractivity contribution in [2.24, 2.45) is 22.9 Å². The Balaban J connectivity index is 1.71. The predicted octanol–water partition coefficient (Wildman–Crippen LogP) is 1.08. The molecule has 6 nitrogen and oxygen atoms in total. The Hall–Kier alpha value is -0.990. The molecule has 1 aromatic rings. The number of fused-ring (bicyclic) bond motifs is 1. The molecule has 104 valence electrons. The smallest absolute Gasteiger partial charge is 0.249 e. The minimum absolute atomic E-state index is 0.0112. The second-order valence-electron chi connectivity index (χ2n) is 5.35. The molecule has 1 aromatic heterocycles. The molecule has 2 atom stereocenters. The highest BCUT2D eigenvalue weighted by atomic mass is 32.2. The van der Waals surface area contributed by atoms with Crippen molar-refractivity contribution >= 4 is 32.4 Å². The van der Waals surface area contributed by atoms with Crippen LogP contribution in [0, 0.1) is 24.7 Å². The molecule has 0 bridgehead atoms.